The normalized spacial score (nSPS) is 18.5. The van der Waals surface area contributed by atoms with Crippen LogP contribution in [-0.2, 0) is 5.54 Å². The third-order valence-corrected chi connectivity index (χ3v) is 4.05. The number of methoxy groups -OCH3 is 1. The van der Waals surface area contributed by atoms with Crippen molar-refractivity contribution in [1.29, 1.82) is 0 Å². The van der Waals surface area contributed by atoms with Crippen molar-refractivity contribution in [3.8, 4) is 5.75 Å². The summed E-state index contributed by atoms with van der Waals surface area (Å²) in [6.07, 6.45) is 3.33. The molecular formula is C15H21N3O. The van der Waals surface area contributed by atoms with E-state index in [4.69, 9.17) is 15.5 Å². The highest BCUT2D eigenvalue weighted by Gasteiger charge is 2.34. The average Bonchev–Trinajstić information content (AvgIpc) is 3.18. The third kappa shape index (κ3) is 2.00. The van der Waals surface area contributed by atoms with Gasteiger partial charge in [0.05, 0.1) is 23.7 Å². The predicted octanol–water partition coefficient (Wildman–Crippen LogP) is 2.96. The SMILES string of the molecule is CCC(C)(N)c1nc2cc(OC)ccc2n1C1CC1. The molecule has 2 aromatic rings. The number of imidazole rings is 1. The first-order valence-corrected chi connectivity index (χ1v) is 6.92. The van der Waals surface area contributed by atoms with Gasteiger partial charge < -0.3 is 15.0 Å². The van der Waals surface area contributed by atoms with Crippen molar-refractivity contribution in [2.24, 2.45) is 5.73 Å². The van der Waals surface area contributed by atoms with Crippen LogP contribution >= 0.6 is 0 Å². The number of rotatable bonds is 4. The van der Waals surface area contributed by atoms with E-state index in [9.17, 15) is 0 Å². The Bertz CT molecular complexity index is 611. The van der Waals surface area contributed by atoms with Gasteiger partial charge in [-0.05, 0) is 38.3 Å². The van der Waals surface area contributed by atoms with Crippen LogP contribution in [0.3, 0.4) is 0 Å². The smallest absolute Gasteiger partial charge is 0.130 e. The average molecular weight is 259 g/mol. The van der Waals surface area contributed by atoms with Gasteiger partial charge in [0, 0.05) is 12.1 Å². The molecule has 19 heavy (non-hydrogen) atoms. The molecule has 1 saturated carbocycles. The summed E-state index contributed by atoms with van der Waals surface area (Å²) in [4.78, 5) is 4.78. The topological polar surface area (TPSA) is 53.1 Å². The quantitative estimate of drug-likeness (QED) is 0.918. The fraction of sp³-hybridized carbons (Fsp3) is 0.533. The summed E-state index contributed by atoms with van der Waals surface area (Å²) in [7, 11) is 1.68. The van der Waals surface area contributed by atoms with Crippen molar-refractivity contribution >= 4 is 11.0 Å². The van der Waals surface area contributed by atoms with Crippen molar-refractivity contribution < 1.29 is 4.74 Å². The lowest BCUT2D eigenvalue weighted by Gasteiger charge is -2.23. The monoisotopic (exact) mass is 259 g/mol. The van der Waals surface area contributed by atoms with Crippen LogP contribution in [0.5, 0.6) is 5.75 Å². The van der Waals surface area contributed by atoms with Gasteiger partial charge in [-0.3, -0.25) is 0 Å². The zero-order valence-corrected chi connectivity index (χ0v) is 11.8. The van der Waals surface area contributed by atoms with E-state index in [0.29, 0.717) is 6.04 Å². The zero-order chi connectivity index (χ0) is 13.6. The minimum absolute atomic E-state index is 0.380. The second kappa shape index (κ2) is 4.23. The maximum absolute atomic E-state index is 6.42. The van der Waals surface area contributed by atoms with Gasteiger partial charge in [0.1, 0.15) is 11.6 Å². The Morgan fingerprint density at radius 2 is 2.21 bits per heavy atom. The summed E-state index contributed by atoms with van der Waals surface area (Å²) in [5.41, 5.74) is 8.19. The van der Waals surface area contributed by atoms with Gasteiger partial charge in [-0.25, -0.2) is 4.98 Å². The molecule has 0 saturated heterocycles. The molecule has 1 aliphatic rings. The third-order valence-electron chi connectivity index (χ3n) is 4.05. The molecule has 1 aromatic carbocycles. The molecule has 1 aromatic heterocycles. The molecule has 1 aliphatic carbocycles. The number of nitrogens with two attached hydrogens (primary N) is 1. The molecule has 4 heteroatoms. The second-order valence-corrected chi connectivity index (χ2v) is 5.66. The van der Waals surface area contributed by atoms with E-state index in [2.05, 4.69) is 24.5 Å². The highest BCUT2D eigenvalue weighted by atomic mass is 16.5. The summed E-state index contributed by atoms with van der Waals surface area (Å²) in [5.74, 6) is 1.84. The van der Waals surface area contributed by atoms with Crippen molar-refractivity contribution in [3.05, 3.63) is 24.0 Å². The first-order valence-electron chi connectivity index (χ1n) is 6.92. The van der Waals surface area contributed by atoms with Crippen LogP contribution in [0.1, 0.15) is 45.0 Å². The van der Waals surface area contributed by atoms with Crippen LogP contribution in [0.2, 0.25) is 0 Å². The zero-order valence-electron chi connectivity index (χ0n) is 11.8. The Morgan fingerprint density at radius 1 is 1.47 bits per heavy atom. The van der Waals surface area contributed by atoms with Crippen molar-refractivity contribution in [3.63, 3.8) is 0 Å². The molecule has 0 amide bonds. The molecule has 1 unspecified atom stereocenters. The molecular weight excluding hydrogens is 238 g/mol. The number of hydrogen-bond acceptors (Lipinski definition) is 3. The van der Waals surface area contributed by atoms with E-state index in [1.54, 1.807) is 7.11 Å². The molecule has 1 heterocycles. The number of fused-ring (bicyclic) bond motifs is 1. The van der Waals surface area contributed by atoms with Gasteiger partial charge in [0.25, 0.3) is 0 Å². The lowest BCUT2D eigenvalue weighted by molar-refractivity contribution is 0.415. The molecule has 0 bridgehead atoms. The lowest BCUT2D eigenvalue weighted by atomic mass is 9.99. The van der Waals surface area contributed by atoms with Gasteiger partial charge in [-0.2, -0.15) is 0 Å². The van der Waals surface area contributed by atoms with Crippen LogP contribution in [0, 0.1) is 0 Å². The van der Waals surface area contributed by atoms with E-state index >= 15 is 0 Å². The van der Waals surface area contributed by atoms with Gasteiger partial charge >= 0.3 is 0 Å². The highest BCUT2D eigenvalue weighted by Crippen LogP contribution is 2.41. The Balaban J connectivity index is 2.23. The molecule has 2 N–H and O–H groups in total. The van der Waals surface area contributed by atoms with Gasteiger partial charge in [-0.1, -0.05) is 6.92 Å². The van der Waals surface area contributed by atoms with E-state index in [0.717, 1.165) is 23.5 Å². The fourth-order valence-corrected chi connectivity index (χ4v) is 2.47. The standard InChI is InChI=1S/C15H21N3O/c1-4-15(2,16)14-17-12-9-11(19-3)7-8-13(12)18(14)10-5-6-10/h7-10H,4-6,16H2,1-3H3. The number of benzene rings is 1. The summed E-state index contributed by atoms with van der Waals surface area (Å²) in [6.45, 7) is 4.17. The van der Waals surface area contributed by atoms with E-state index in [1.807, 2.05) is 12.1 Å². The number of hydrogen-bond donors (Lipinski definition) is 1. The van der Waals surface area contributed by atoms with Crippen LogP contribution in [0.25, 0.3) is 11.0 Å². The van der Waals surface area contributed by atoms with E-state index in [-0.39, 0.29) is 5.54 Å². The highest BCUT2D eigenvalue weighted by molar-refractivity contribution is 5.78. The predicted molar refractivity (Wildman–Crippen MR) is 76.4 cm³/mol. The minimum atomic E-state index is -0.380. The molecule has 0 spiro atoms. The summed E-state index contributed by atoms with van der Waals surface area (Å²) in [6, 6.07) is 6.65. The largest absolute Gasteiger partial charge is 0.497 e. The fourth-order valence-electron chi connectivity index (χ4n) is 2.47. The van der Waals surface area contributed by atoms with Crippen LogP contribution in [0.15, 0.2) is 18.2 Å². The second-order valence-electron chi connectivity index (χ2n) is 5.66. The Kier molecular flexibility index (Phi) is 2.78. The van der Waals surface area contributed by atoms with Gasteiger partial charge in [0.2, 0.25) is 0 Å². The van der Waals surface area contributed by atoms with Gasteiger partial charge in [-0.15, -0.1) is 0 Å². The number of nitrogens with zero attached hydrogens (tertiary/aromatic N) is 2. The van der Waals surface area contributed by atoms with Crippen LogP contribution < -0.4 is 10.5 Å². The number of aromatic nitrogens is 2. The van der Waals surface area contributed by atoms with Crippen molar-refractivity contribution in [2.45, 2.75) is 44.7 Å². The van der Waals surface area contributed by atoms with E-state index < -0.39 is 0 Å². The minimum Gasteiger partial charge on any atom is -0.497 e. The summed E-state index contributed by atoms with van der Waals surface area (Å²) in [5, 5.41) is 0. The Labute approximate surface area is 113 Å². The molecule has 4 nitrogen and oxygen atoms in total. The molecule has 1 atom stereocenters. The lowest BCUT2D eigenvalue weighted by Crippen LogP contribution is -2.35. The molecule has 0 aliphatic heterocycles. The Hall–Kier alpha value is -1.55. The molecule has 3 rings (SSSR count). The summed E-state index contributed by atoms with van der Waals surface area (Å²) >= 11 is 0. The first kappa shape index (κ1) is 12.5. The van der Waals surface area contributed by atoms with E-state index in [1.165, 1.54) is 18.4 Å². The maximum atomic E-state index is 6.42. The number of ether oxygens (including phenoxy) is 1. The van der Waals surface area contributed by atoms with Crippen molar-refractivity contribution in [2.75, 3.05) is 7.11 Å². The Morgan fingerprint density at radius 3 is 2.79 bits per heavy atom. The van der Waals surface area contributed by atoms with Gasteiger partial charge in [0.15, 0.2) is 0 Å². The summed E-state index contributed by atoms with van der Waals surface area (Å²) < 4.78 is 7.61. The molecule has 1 fully saturated rings. The van der Waals surface area contributed by atoms with Crippen LogP contribution in [-0.4, -0.2) is 16.7 Å². The maximum Gasteiger partial charge on any atom is 0.130 e. The van der Waals surface area contributed by atoms with Crippen molar-refractivity contribution in [1.82, 2.24) is 9.55 Å². The first-order chi connectivity index (χ1) is 9.06. The molecule has 102 valence electrons. The van der Waals surface area contributed by atoms with Crippen LogP contribution in [0.4, 0.5) is 0 Å². The molecule has 0 radical (unpaired) electrons.